The molecule has 3 heterocycles. The Morgan fingerprint density at radius 3 is 2.75 bits per heavy atom. The van der Waals surface area contributed by atoms with Gasteiger partial charge in [0.1, 0.15) is 6.04 Å². The molecule has 0 radical (unpaired) electrons. The molecule has 28 heavy (non-hydrogen) atoms. The van der Waals surface area contributed by atoms with Gasteiger partial charge in [0.15, 0.2) is 0 Å². The van der Waals surface area contributed by atoms with E-state index in [0.717, 1.165) is 17.0 Å². The number of nitrogens with one attached hydrogen (secondary N) is 1. The quantitative estimate of drug-likeness (QED) is 0.747. The SMILES string of the molecule is Cc1ccc(-c2noc([C@@H]3Cc4nc[nH]c4CN3C(=O)CC(C)(C)C)n2)cc1. The van der Waals surface area contributed by atoms with Crippen LogP contribution in [-0.2, 0) is 17.8 Å². The molecular weight excluding hydrogens is 354 g/mol. The first kappa shape index (κ1) is 18.4. The third kappa shape index (κ3) is 3.69. The van der Waals surface area contributed by atoms with Gasteiger partial charge >= 0.3 is 0 Å². The molecule has 0 saturated carbocycles. The fraction of sp³-hybridized carbons (Fsp3) is 0.429. The van der Waals surface area contributed by atoms with E-state index in [4.69, 9.17) is 4.52 Å². The van der Waals surface area contributed by atoms with Gasteiger partial charge in [-0.05, 0) is 12.3 Å². The normalized spacial score (nSPS) is 16.9. The minimum Gasteiger partial charge on any atom is -0.347 e. The number of amides is 1. The van der Waals surface area contributed by atoms with Crippen LogP contribution in [-0.4, -0.2) is 30.9 Å². The third-order valence-electron chi connectivity index (χ3n) is 4.94. The number of aryl methyl sites for hydroxylation is 1. The van der Waals surface area contributed by atoms with Gasteiger partial charge in [0.25, 0.3) is 0 Å². The van der Waals surface area contributed by atoms with Crippen LogP contribution >= 0.6 is 0 Å². The Kier molecular flexibility index (Phi) is 4.53. The van der Waals surface area contributed by atoms with Crippen molar-refractivity contribution < 1.29 is 9.32 Å². The first-order valence-electron chi connectivity index (χ1n) is 9.51. The van der Waals surface area contributed by atoms with Gasteiger partial charge in [-0.1, -0.05) is 55.8 Å². The van der Waals surface area contributed by atoms with Gasteiger partial charge in [0.05, 0.1) is 24.3 Å². The van der Waals surface area contributed by atoms with Crippen LogP contribution in [0.4, 0.5) is 0 Å². The lowest BCUT2D eigenvalue weighted by Crippen LogP contribution is -2.40. The van der Waals surface area contributed by atoms with E-state index in [1.807, 2.05) is 36.1 Å². The highest BCUT2D eigenvalue weighted by Gasteiger charge is 2.37. The zero-order valence-corrected chi connectivity index (χ0v) is 16.7. The fourth-order valence-electron chi connectivity index (χ4n) is 3.46. The van der Waals surface area contributed by atoms with Crippen LogP contribution in [0.25, 0.3) is 11.4 Å². The number of hydrogen-bond acceptors (Lipinski definition) is 5. The number of rotatable bonds is 3. The number of H-pyrrole nitrogens is 1. The summed E-state index contributed by atoms with van der Waals surface area (Å²) in [6, 6.07) is 7.66. The smallest absolute Gasteiger partial charge is 0.250 e. The highest BCUT2D eigenvalue weighted by Crippen LogP contribution is 2.34. The van der Waals surface area contributed by atoms with E-state index in [-0.39, 0.29) is 17.4 Å². The highest BCUT2D eigenvalue weighted by molar-refractivity contribution is 5.77. The summed E-state index contributed by atoms with van der Waals surface area (Å²) < 4.78 is 5.60. The van der Waals surface area contributed by atoms with Gasteiger partial charge in [-0.15, -0.1) is 0 Å². The van der Waals surface area contributed by atoms with E-state index in [1.54, 1.807) is 6.33 Å². The summed E-state index contributed by atoms with van der Waals surface area (Å²) in [5, 5.41) is 4.15. The van der Waals surface area contributed by atoms with Crippen molar-refractivity contribution in [3.8, 4) is 11.4 Å². The topological polar surface area (TPSA) is 87.9 Å². The second-order valence-corrected chi connectivity index (χ2v) is 8.63. The number of carbonyl (C=O) groups is 1. The van der Waals surface area contributed by atoms with Crippen molar-refractivity contribution in [3.63, 3.8) is 0 Å². The molecule has 1 aromatic carbocycles. The number of hydrogen-bond donors (Lipinski definition) is 1. The minimum absolute atomic E-state index is 0.0767. The molecule has 1 N–H and O–H groups in total. The second kappa shape index (κ2) is 6.89. The summed E-state index contributed by atoms with van der Waals surface area (Å²) in [6.07, 6.45) is 2.68. The summed E-state index contributed by atoms with van der Waals surface area (Å²) in [7, 11) is 0. The molecular formula is C21H25N5O2. The molecule has 1 aliphatic heterocycles. The molecule has 0 saturated heterocycles. The van der Waals surface area contributed by atoms with Crippen molar-refractivity contribution in [3.05, 3.63) is 53.4 Å². The summed E-state index contributed by atoms with van der Waals surface area (Å²) >= 11 is 0. The molecule has 0 bridgehead atoms. The van der Waals surface area contributed by atoms with Crippen molar-refractivity contribution in [2.75, 3.05) is 0 Å². The number of imidazole rings is 1. The molecule has 146 valence electrons. The molecule has 2 aromatic heterocycles. The van der Waals surface area contributed by atoms with Gasteiger partial charge in [-0.3, -0.25) is 4.79 Å². The van der Waals surface area contributed by atoms with Crippen LogP contribution in [0.1, 0.15) is 56.1 Å². The third-order valence-corrected chi connectivity index (χ3v) is 4.94. The number of carbonyl (C=O) groups excluding carboxylic acids is 1. The molecule has 0 aliphatic carbocycles. The van der Waals surface area contributed by atoms with Gasteiger partial charge in [0, 0.05) is 18.4 Å². The van der Waals surface area contributed by atoms with E-state index in [2.05, 4.69) is 40.9 Å². The van der Waals surface area contributed by atoms with E-state index >= 15 is 0 Å². The zero-order valence-electron chi connectivity index (χ0n) is 16.7. The average molecular weight is 379 g/mol. The van der Waals surface area contributed by atoms with Crippen LogP contribution in [0, 0.1) is 12.3 Å². The maximum Gasteiger partial charge on any atom is 0.250 e. The Morgan fingerprint density at radius 2 is 2.04 bits per heavy atom. The first-order chi connectivity index (χ1) is 13.3. The number of nitrogens with zero attached hydrogens (tertiary/aromatic N) is 4. The van der Waals surface area contributed by atoms with E-state index < -0.39 is 0 Å². The first-order valence-corrected chi connectivity index (χ1v) is 9.51. The lowest BCUT2D eigenvalue weighted by Gasteiger charge is -2.34. The number of aromatic nitrogens is 4. The Labute approximate surface area is 164 Å². The Morgan fingerprint density at radius 1 is 1.29 bits per heavy atom. The number of aromatic amines is 1. The standard InChI is InChI=1S/C21H25N5O2/c1-13-5-7-14(8-6-13)19-24-20(28-25-19)17-9-15-16(23-12-22-15)11-26(17)18(27)10-21(2,3)4/h5-8,12,17H,9-11H2,1-4H3,(H,22,23)/t17-/m0/s1. The van der Waals surface area contributed by atoms with Crippen LogP contribution in [0.15, 0.2) is 35.1 Å². The molecule has 3 aromatic rings. The van der Waals surface area contributed by atoms with E-state index in [1.165, 1.54) is 5.56 Å². The predicted octanol–water partition coefficient (Wildman–Crippen LogP) is 3.83. The predicted molar refractivity (Wildman–Crippen MR) is 104 cm³/mol. The molecule has 1 aliphatic rings. The van der Waals surface area contributed by atoms with Crippen molar-refractivity contribution in [2.45, 2.75) is 53.1 Å². The Hall–Kier alpha value is -2.96. The largest absolute Gasteiger partial charge is 0.347 e. The molecule has 1 amide bonds. The van der Waals surface area contributed by atoms with Crippen LogP contribution in [0.3, 0.4) is 0 Å². The highest BCUT2D eigenvalue weighted by atomic mass is 16.5. The second-order valence-electron chi connectivity index (χ2n) is 8.63. The van der Waals surface area contributed by atoms with Crippen molar-refractivity contribution in [1.29, 1.82) is 0 Å². The van der Waals surface area contributed by atoms with Crippen molar-refractivity contribution in [1.82, 2.24) is 25.0 Å². The summed E-state index contributed by atoms with van der Waals surface area (Å²) in [6.45, 7) is 8.69. The van der Waals surface area contributed by atoms with Crippen molar-refractivity contribution >= 4 is 5.91 Å². The maximum atomic E-state index is 13.0. The average Bonchev–Trinajstić information content (AvgIpc) is 3.28. The van der Waals surface area contributed by atoms with E-state index in [9.17, 15) is 4.79 Å². The maximum absolute atomic E-state index is 13.0. The molecule has 7 heteroatoms. The van der Waals surface area contributed by atoms with E-state index in [0.29, 0.717) is 31.1 Å². The minimum atomic E-state index is -0.308. The lowest BCUT2D eigenvalue weighted by molar-refractivity contribution is -0.137. The Balaban J connectivity index is 1.65. The van der Waals surface area contributed by atoms with Crippen LogP contribution in [0.5, 0.6) is 0 Å². The summed E-state index contributed by atoms with van der Waals surface area (Å²) in [5.41, 5.74) is 3.88. The molecule has 7 nitrogen and oxygen atoms in total. The van der Waals surface area contributed by atoms with Gasteiger partial charge in [0.2, 0.25) is 17.6 Å². The molecule has 0 spiro atoms. The monoisotopic (exact) mass is 379 g/mol. The van der Waals surface area contributed by atoms with Gasteiger partial charge in [-0.2, -0.15) is 4.98 Å². The van der Waals surface area contributed by atoms with Gasteiger partial charge < -0.3 is 14.4 Å². The van der Waals surface area contributed by atoms with Gasteiger partial charge in [-0.25, -0.2) is 4.98 Å². The zero-order chi connectivity index (χ0) is 19.9. The molecule has 4 rings (SSSR count). The molecule has 1 atom stereocenters. The van der Waals surface area contributed by atoms with Crippen LogP contribution < -0.4 is 0 Å². The molecule has 0 unspecified atom stereocenters. The number of fused-ring (bicyclic) bond motifs is 1. The number of benzene rings is 1. The molecule has 0 fully saturated rings. The van der Waals surface area contributed by atoms with Crippen molar-refractivity contribution in [2.24, 2.45) is 5.41 Å². The van der Waals surface area contributed by atoms with Crippen LogP contribution in [0.2, 0.25) is 0 Å². The Bertz CT molecular complexity index is 981. The summed E-state index contributed by atoms with van der Waals surface area (Å²) in [5.74, 6) is 1.06. The lowest BCUT2D eigenvalue weighted by atomic mass is 9.90. The summed E-state index contributed by atoms with van der Waals surface area (Å²) in [4.78, 5) is 27.0. The fourth-order valence-corrected chi connectivity index (χ4v) is 3.46.